The minimum Gasteiger partial charge on any atom is -0.382 e. The number of ether oxygens (including phenoxy) is 1. The van der Waals surface area contributed by atoms with Gasteiger partial charge in [0.2, 0.25) is 5.95 Å². The molecule has 0 saturated carbocycles. The molecule has 1 fully saturated rings. The normalized spacial score (nSPS) is 18.6. The van der Waals surface area contributed by atoms with Crippen LogP contribution in [0.5, 0.6) is 0 Å². The molecule has 2 heterocycles. The Bertz CT molecular complexity index is 401. The fourth-order valence-corrected chi connectivity index (χ4v) is 2.03. The minimum absolute atomic E-state index is 0.166. The van der Waals surface area contributed by atoms with E-state index in [1.807, 2.05) is 4.90 Å². The van der Waals surface area contributed by atoms with Crippen molar-refractivity contribution in [2.75, 3.05) is 31.8 Å². The van der Waals surface area contributed by atoms with E-state index in [0.29, 0.717) is 19.2 Å². The molecular weight excluding hydrogens is 248 g/mol. The summed E-state index contributed by atoms with van der Waals surface area (Å²) in [7, 11) is 1.58. The van der Waals surface area contributed by atoms with E-state index in [1.54, 1.807) is 25.6 Å². The molecule has 1 N–H and O–H groups in total. The van der Waals surface area contributed by atoms with Gasteiger partial charge in [0.1, 0.15) is 6.04 Å². The molecule has 19 heavy (non-hydrogen) atoms. The highest BCUT2D eigenvalue weighted by atomic mass is 16.7. The van der Waals surface area contributed by atoms with Crippen LogP contribution >= 0.6 is 0 Å². The molecule has 1 unspecified atom stereocenters. The third-order valence-corrected chi connectivity index (χ3v) is 2.93. The fourth-order valence-electron chi connectivity index (χ4n) is 2.03. The van der Waals surface area contributed by atoms with E-state index in [-0.39, 0.29) is 11.9 Å². The Morgan fingerprint density at radius 3 is 3.00 bits per heavy atom. The summed E-state index contributed by atoms with van der Waals surface area (Å²) in [6.07, 6.45) is 5.06. The van der Waals surface area contributed by atoms with Gasteiger partial charge in [-0.15, -0.1) is 0 Å². The zero-order chi connectivity index (χ0) is 13.5. The van der Waals surface area contributed by atoms with Crippen molar-refractivity contribution in [3.05, 3.63) is 18.5 Å². The lowest BCUT2D eigenvalue weighted by Gasteiger charge is -2.23. The molecule has 1 aromatic heterocycles. The number of amides is 1. The van der Waals surface area contributed by atoms with Crippen LogP contribution in [0, 0.1) is 0 Å². The van der Waals surface area contributed by atoms with E-state index in [4.69, 9.17) is 9.57 Å². The number of hydroxylamine groups is 1. The van der Waals surface area contributed by atoms with Gasteiger partial charge in [0, 0.05) is 26.0 Å². The largest absolute Gasteiger partial charge is 0.382 e. The van der Waals surface area contributed by atoms with E-state index in [2.05, 4.69) is 15.4 Å². The van der Waals surface area contributed by atoms with E-state index >= 15 is 0 Å². The van der Waals surface area contributed by atoms with Gasteiger partial charge in [-0.25, -0.2) is 15.4 Å². The fraction of sp³-hybridized carbons (Fsp3) is 0.583. The zero-order valence-corrected chi connectivity index (χ0v) is 10.9. The second-order valence-corrected chi connectivity index (χ2v) is 4.21. The number of nitrogens with zero attached hydrogens (tertiary/aromatic N) is 3. The van der Waals surface area contributed by atoms with Gasteiger partial charge < -0.3 is 9.64 Å². The van der Waals surface area contributed by atoms with Crippen LogP contribution in [-0.4, -0.2) is 48.8 Å². The van der Waals surface area contributed by atoms with E-state index < -0.39 is 0 Å². The quantitative estimate of drug-likeness (QED) is 0.583. The van der Waals surface area contributed by atoms with Crippen LogP contribution in [0.3, 0.4) is 0 Å². The Kier molecular flexibility index (Phi) is 5.05. The first-order valence-corrected chi connectivity index (χ1v) is 6.27. The molecule has 0 aliphatic carbocycles. The first kappa shape index (κ1) is 13.7. The zero-order valence-electron chi connectivity index (χ0n) is 10.9. The lowest BCUT2D eigenvalue weighted by molar-refractivity contribution is -0.135. The topological polar surface area (TPSA) is 76.6 Å². The van der Waals surface area contributed by atoms with Crippen molar-refractivity contribution < 1.29 is 14.4 Å². The van der Waals surface area contributed by atoms with Crippen LogP contribution in [0.1, 0.15) is 12.8 Å². The van der Waals surface area contributed by atoms with Gasteiger partial charge in [-0.1, -0.05) is 0 Å². The molecule has 0 spiro atoms. The van der Waals surface area contributed by atoms with Gasteiger partial charge >= 0.3 is 0 Å². The number of nitrogens with one attached hydrogen (secondary N) is 1. The molecule has 1 amide bonds. The highest BCUT2D eigenvalue weighted by molar-refractivity contribution is 5.84. The van der Waals surface area contributed by atoms with Crippen molar-refractivity contribution in [3.63, 3.8) is 0 Å². The summed E-state index contributed by atoms with van der Waals surface area (Å²) in [6.45, 7) is 1.55. The summed E-state index contributed by atoms with van der Waals surface area (Å²) in [5, 5.41) is 0. The smallest absolute Gasteiger partial charge is 0.266 e. The van der Waals surface area contributed by atoms with Crippen molar-refractivity contribution in [2.45, 2.75) is 18.9 Å². The molecule has 1 saturated heterocycles. The molecule has 0 bridgehead atoms. The Morgan fingerprint density at radius 2 is 2.26 bits per heavy atom. The van der Waals surface area contributed by atoms with Crippen LogP contribution in [0.4, 0.5) is 5.95 Å². The molecule has 2 rings (SSSR count). The average molecular weight is 266 g/mol. The van der Waals surface area contributed by atoms with E-state index in [0.717, 1.165) is 19.4 Å². The Hall–Kier alpha value is -1.73. The van der Waals surface area contributed by atoms with Gasteiger partial charge in [-0.05, 0) is 18.9 Å². The highest BCUT2D eigenvalue weighted by Crippen LogP contribution is 2.21. The maximum atomic E-state index is 12.0. The predicted octanol–water partition coefficient (Wildman–Crippen LogP) is 0.140. The monoisotopic (exact) mass is 266 g/mol. The number of hydrogen-bond acceptors (Lipinski definition) is 6. The van der Waals surface area contributed by atoms with Gasteiger partial charge in [0.25, 0.3) is 5.91 Å². The molecule has 1 atom stereocenters. The third-order valence-electron chi connectivity index (χ3n) is 2.93. The van der Waals surface area contributed by atoms with E-state index in [1.165, 1.54) is 0 Å². The second kappa shape index (κ2) is 7.01. The van der Waals surface area contributed by atoms with Crippen LogP contribution in [0.2, 0.25) is 0 Å². The van der Waals surface area contributed by atoms with Gasteiger partial charge in [-0.2, -0.15) is 0 Å². The molecule has 1 aromatic rings. The van der Waals surface area contributed by atoms with Crippen LogP contribution in [-0.2, 0) is 14.4 Å². The molecule has 0 radical (unpaired) electrons. The summed E-state index contributed by atoms with van der Waals surface area (Å²) in [4.78, 5) is 27.3. The summed E-state index contributed by atoms with van der Waals surface area (Å²) >= 11 is 0. The number of rotatable bonds is 6. The average Bonchev–Trinajstić information content (AvgIpc) is 2.94. The number of hydrogen-bond donors (Lipinski definition) is 1. The van der Waals surface area contributed by atoms with Gasteiger partial charge in [-0.3, -0.25) is 9.63 Å². The van der Waals surface area contributed by atoms with Crippen molar-refractivity contribution in [2.24, 2.45) is 0 Å². The first-order valence-electron chi connectivity index (χ1n) is 6.27. The summed E-state index contributed by atoms with van der Waals surface area (Å²) < 4.78 is 4.83. The predicted molar refractivity (Wildman–Crippen MR) is 68.4 cm³/mol. The highest BCUT2D eigenvalue weighted by Gasteiger charge is 2.32. The number of aromatic nitrogens is 2. The lowest BCUT2D eigenvalue weighted by atomic mass is 10.2. The van der Waals surface area contributed by atoms with Crippen molar-refractivity contribution in [3.8, 4) is 0 Å². The van der Waals surface area contributed by atoms with Crippen LogP contribution in [0.25, 0.3) is 0 Å². The SMILES string of the molecule is COCCONC(=O)C1CCCN1c1ncccn1. The number of carbonyl (C=O) groups is 1. The number of anilines is 1. The maximum absolute atomic E-state index is 12.0. The third kappa shape index (κ3) is 3.62. The number of methoxy groups -OCH3 is 1. The Balaban J connectivity index is 1.90. The van der Waals surface area contributed by atoms with Crippen molar-refractivity contribution in [1.29, 1.82) is 0 Å². The lowest BCUT2D eigenvalue weighted by Crippen LogP contribution is -2.44. The molecule has 1 aliphatic rings. The molecule has 0 aromatic carbocycles. The summed E-state index contributed by atoms with van der Waals surface area (Å²) in [6, 6.07) is 1.48. The Labute approximate surface area is 111 Å². The second-order valence-electron chi connectivity index (χ2n) is 4.21. The van der Waals surface area contributed by atoms with Crippen LogP contribution < -0.4 is 10.4 Å². The molecular formula is C12H18N4O3. The Morgan fingerprint density at radius 1 is 1.47 bits per heavy atom. The van der Waals surface area contributed by atoms with Gasteiger partial charge in [0.15, 0.2) is 0 Å². The van der Waals surface area contributed by atoms with Gasteiger partial charge in [0.05, 0.1) is 13.2 Å². The first-order chi connectivity index (χ1) is 9.33. The number of carbonyl (C=O) groups excluding carboxylic acids is 1. The molecule has 7 nitrogen and oxygen atoms in total. The van der Waals surface area contributed by atoms with Crippen LogP contribution in [0.15, 0.2) is 18.5 Å². The molecule has 1 aliphatic heterocycles. The molecule has 7 heteroatoms. The standard InChI is InChI=1S/C12H18N4O3/c1-18-8-9-19-15-11(17)10-4-2-7-16(10)12-13-5-3-6-14-12/h3,5-6,10H,2,4,7-9H2,1H3,(H,15,17). The molecule has 104 valence electrons. The van der Waals surface area contributed by atoms with E-state index in [9.17, 15) is 4.79 Å². The summed E-state index contributed by atoms with van der Waals surface area (Å²) in [5.41, 5.74) is 2.44. The van der Waals surface area contributed by atoms with Crippen molar-refractivity contribution in [1.82, 2.24) is 15.4 Å². The minimum atomic E-state index is -0.273. The van der Waals surface area contributed by atoms with Crippen molar-refractivity contribution >= 4 is 11.9 Å². The maximum Gasteiger partial charge on any atom is 0.266 e. The summed E-state index contributed by atoms with van der Waals surface area (Å²) in [5.74, 6) is 0.415.